The van der Waals surface area contributed by atoms with Crippen LogP contribution in [0.4, 0.5) is 45.8 Å². The number of aryl methyl sites for hydroxylation is 1. The lowest BCUT2D eigenvalue weighted by Gasteiger charge is -2.14. The third-order valence-electron chi connectivity index (χ3n) is 17.6. The van der Waals surface area contributed by atoms with E-state index in [1.165, 1.54) is 77.4 Å². The van der Waals surface area contributed by atoms with Crippen molar-refractivity contribution >= 4 is 251 Å². The Hall–Kier alpha value is -13.5. The topological polar surface area (TPSA) is 369 Å². The maximum absolute atomic E-state index is 13.4. The molecule has 39 heteroatoms. The van der Waals surface area contributed by atoms with Gasteiger partial charge in [0.15, 0.2) is 68.5 Å². The minimum Gasteiger partial charge on any atom is -0.505 e. The molecule has 0 unspecified atom stereocenters. The molecular weight excluding hydrogens is 1890 g/mol. The predicted octanol–water partition coefficient (Wildman–Crippen LogP) is 25.5. The second kappa shape index (κ2) is 42.7. The van der Waals surface area contributed by atoms with Crippen molar-refractivity contribution in [3.63, 3.8) is 0 Å². The summed E-state index contributed by atoms with van der Waals surface area (Å²) in [6.45, 7) is 38.3. The highest BCUT2D eigenvalue weighted by atomic mass is 35.5. The number of imidazole rings is 2. The number of nitrogens with zero attached hydrogens (tertiary/aromatic N) is 17. The molecule has 12 aromatic rings. The van der Waals surface area contributed by atoms with Crippen LogP contribution in [-0.4, -0.2) is 104 Å². The molecule has 0 saturated carbocycles. The summed E-state index contributed by atoms with van der Waals surface area (Å²) in [5.74, 6) is -1.13. The van der Waals surface area contributed by atoms with Crippen LogP contribution in [0.5, 0.6) is 28.7 Å². The zero-order chi connectivity index (χ0) is 93.3. The van der Waals surface area contributed by atoms with Gasteiger partial charge in [-0.25, -0.2) is 48.3 Å². The van der Waals surface area contributed by atoms with Crippen molar-refractivity contribution in [2.75, 3.05) is 5.32 Å². The number of hydrogen-bond donors (Lipinski definition) is 6. The van der Waals surface area contributed by atoms with Crippen LogP contribution in [0.3, 0.4) is 0 Å². The number of phenols is 5. The molecule has 14 rings (SSSR count). The van der Waals surface area contributed by atoms with Crippen molar-refractivity contribution < 1.29 is 43.5 Å². The quantitative estimate of drug-likeness (QED) is 0.0436. The molecule has 0 radical (unpaired) electrons. The first-order valence-corrected chi connectivity index (χ1v) is 42.3. The van der Waals surface area contributed by atoms with Crippen LogP contribution >= 0.6 is 128 Å². The van der Waals surface area contributed by atoms with E-state index in [9.17, 15) is 48.8 Å². The Morgan fingerprint density at radius 2 is 0.945 bits per heavy atom. The molecule has 0 fully saturated rings. The van der Waals surface area contributed by atoms with E-state index in [1.807, 2.05) is 102 Å². The summed E-state index contributed by atoms with van der Waals surface area (Å²) in [4.78, 5) is 77.3. The number of carbonyl (C=O) groups is 2. The van der Waals surface area contributed by atoms with Gasteiger partial charge in [0.05, 0.1) is 112 Å². The number of ketones is 1. The number of phenolic OH excluding ortho intramolecular Hbond substituents is 5. The zero-order valence-corrected chi connectivity index (χ0v) is 75.6. The van der Waals surface area contributed by atoms with Gasteiger partial charge in [0.1, 0.15) is 36.6 Å². The summed E-state index contributed by atoms with van der Waals surface area (Å²) in [5.41, 5.74) is 4.99. The Labute approximate surface area is 786 Å². The molecule has 128 heavy (non-hydrogen) atoms. The number of halogens is 11. The summed E-state index contributed by atoms with van der Waals surface area (Å²) < 4.78 is 29.1. The molecule has 4 heterocycles. The van der Waals surface area contributed by atoms with Gasteiger partial charge in [-0.1, -0.05) is 270 Å². The van der Waals surface area contributed by atoms with E-state index >= 15 is 0 Å². The number of aliphatic imine (C=N–C) groups is 7. The van der Waals surface area contributed by atoms with Gasteiger partial charge in [0, 0.05) is 28.7 Å². The highest BCUT2D eigenvalue weighted by Crippen LogP contribution is 2.45. The number of amides is 1. The number of sulfone groups is 1. The normalized spacial score (nSPS) is 13.1. The fourth-order valence-corrected chi connectivity index (χ4v) is 15.8. The lowest BCUT2D eigenvalue weighted by atomic mass is 9.88. The van der Waals surface area contributed by atoms with Crippen molar-refractivity contribution in [2.45, 2.75) is 52.6 Å². The summed E-state index contributed by atoms with van der Waals surface area (Å²) in [6.07, 6.45) is 0. The number of fused-ring (bicyclic) bond motifs is 2. The molecule has 0 atom stereocenters. The molecule has 0 aliphatic carbocycles. The minimum absolute atomic E-state index is 0.00625. The minimum atomic E-state index is -4.04. The van der Waals surface area contributed by atoms with E-state index in [-0.39, 0.29) is 158 Å². The smallest absolute Gasteiger partial charge is 0.505 e. The van der Waals surface area contributed by atoms with Gasteiger partial charge in [-0.15, -0.1) is 0 Å². The molecule has 0 saturated heterocycles. The number of amidine groups is 2. The van der Waals surface area contributed by atoms with Crippen molar-refractivity contribution in [2.24, 2.45) is 40.4 Å². The number of anilines is 1. The number of hydrogen-bond acceptors (Lipinski definition) is 19. The largest absolute Gasteiger partial charge is 0.530 e. The summed E-state index contributed by atoms with van der Waals surface area (Å²) in [7, 11) is -4.04. The third kappa shape index (κ3) is 22.5. The zero-order valence-electron chi connectivity index (χ0n) is 66.4. The van der Waals surface area contributed by atoms with Crippen LogP contribution in [0, 0.1) is 54.4 Å². The van der Waals surface area contributed by atoms with Crippen LogP contribution in [0.25, 0.3) is 36.0 Å². The van der Waals surface area contributed by atoms with Crippen molar-refractivity contribution in [1.82, 2.24) is 19.1 Å². The van der Waals surface area contributed by atoms with Crippen LogP contribution in [0.2, 0.25) is 55.2 Å². The first-order valence-electron chi connectivity index (χ1n) is 36.6. The van der Waals surface area contributed by atoms with E-state index in [1.54, 1.807) is 70.2 Å². The number of aromatic nitrogens is 4. The van der Waals surface area contributed by atoms with Crippen molar-refractivity contribution in [1.29, 1.82) is 10.5 Å². The fourth-order valence-electron chi connectivity index (χ4n) is 11.6. The monoisotopic (exact) mass is 1940 g/mol. The maximum Gasteiger partial charge on any atom is 0.530 e. The number of nitriles is 2. The van der Waals surface area contributed by atoms with E-state index < -0.39 is 32.0 Å². The molecule has 0 bridgehead atoms. The molecule has 10 aromatic carbocycles. The Kier molecular flexibility index (Phi) is 32.3. The second-order valence-electron chi connectivity index (χ2n) is 27.0. The number of rotatable bonds is 14. The Bertz CT molecular complexity index is 7040. The number of benzene rings is 10. The van der Waals surface area contributed by atoms with Gasteiger partial charge >= 0.3 is 11.6 Å². The van der Waals surface area contributed by atoms with Gasteiger partial charge in [-0.05, 0) is 105 Å². The summed E-state index contributed by atoms with van der Waals surface area (Å²) in [6, 6.07) is 57.3. The lowest BCUT2D eigenvalue weighted by Crippen LogP contribution is -2.27. The van der Waals surface area contributed by atoms with Gasteiger partial charge in [0.25, 0.3) is 17.5 Å². The molecule has 6 N–H and O–H groups in total. The van der Waals surface area contributed by atoms with Gasteiger partial charge in [-0.3, -0.25) is 14.2 Å². The van der Waals surface area contributed by atoms with Crippen LogP contribution in [-0.2, 0) is 32.5 Å². The molecular formula is C89H57Cl11N18O9S. The SMILES string of the molecule is CC(C)(C)C(=O)C(C#N)=Nc1cc(Cl)c(O)c(Cl)c1.CCn1c(C(=Nc2cc(Cl)c(O)c(Cl)c2)C(=O)Nc2ccccc2Cl)nc2ccccc21.Oc1c(Cl)cc(N=C2N=C(c3ccccc3)N=C2c2ccccc2)cc1Cl.[C-]#[N+]C([N+]#[C-])=C1C(=Nc2cc(Cl)c(O)c(Cl)c2)S(=O)(=O)c2ccccc21.[C-]#[N+]c1nc(C(C#N)=Nc2cc(Cl)c(O)c(Cl)c2)n(CC)c1[N+]#[C-]. The standard InChI is InChI=1S/C23H17Cl3N4O2.C21H13Cl2N3O.C17H7Cl2N3O3S.C15H8Cl2N6O.C13H12Cl2N2O2/c1-2-30-19-10-6-5-9-18(19)28-22(30)20(23(32)29-17-8-4-3-7-14(17)24)27-13-11-15(25)21(31)16(26)12-13;22-16-11-15(12-17(23)19(16)27)24-21-18(13-7-3-1-4-8-13)25-20(26-21)14-9-5-2-6-10-14;1-20-16(21-2)14-10-5-3-4-6-13(10)26(24,25)17(14)22-9-7-11(18)15(23)12(19)8-9;1-4-23-14(22-13(19-2)15(23)20-3)11(7-18)21-8-5-9(16)12(24)10(17)6-8;1-13(2,3)12(19)10(6-16)17-7-4-8(14)11(18)9(15)5-7/h3-12,31H,2H2,1H3,(H,29,32);1-12,27H;3-8,23H;5-6,24H,4H2,1H3;4-5,18H,1-3H3. The number of Topliss-reactive ketones (excluding diaryl/α,β-unsaturated/α-hetero) is 1. The highest BCUT2D eigenvalue weighted by Gasteiger charge is 2.43. The highest BCUT2D eigenvalue weighted by molar-refractivity contribution is 8.08. The molecule has 1 amide bonds. The first kappa shape index (κ1) is 96.7. The Morgan fingerprint density at radius 1 is 0.500 bits per heavy atom. The Morgan fingerprint density at radius 3 is 1.41 bits per heavy atom. The molecule has 2 aromatic heterocycles. The third-order valence-corrected chi connectivity index (χ3v) is 22.5. The molecule has 27 nitrogen and oxygen atoms in total. The van der Waals surface area contributed by atoms with Crippen LogP contribution in [0.1, 0.15) is 63.0 Å². The lowest BCUT2D eigenvalue weighted by molar-refractivity contribution is -0.119. The fraction of sp³-hybridized carbons (Fsp3) is 0.0899. The molecule has 2 aliphatic rings. The van der Waals surface area contributed by atoms with Crippen LogP contribution < -0.4 is 5.32 Å². The number of para-hydroxylation sites is 3. The van der Waals surface area contributed by atoms with Gasteiger partial charge < -0.3 is 45.1 Å². The second-order valence-corrected chi connectivity index (χ2v) is 33.3. The number of nitrogens with one attached hydrogen (secondary N) is 1. The van der Waals surface area contributed by atoms with E-state index in [2.05, 4.69) is 69.6 Å². The molecule has 2 aliphatic heterocycles. The van der Waals surface area contributed by atoms with Crippen molar-refractivity contribution in [3.05, 3.63) is 329 Å². The Balaban J connectivity index is 0.000000168. The number of carbonyl (C=O) groups excluding carboxylic acids is 2. The number of aromatic hydroxyl groups is 5. The molecule has 640 valence electrons. The van der Waals surface area contributed by atoms with Gasteiger partial charge in [0.2, 0.25) is 15.5 Å². The van der Waals surface area contributed by atoms with Crippen LogP contribution in [0.15, 0.2) is 240 Å². The molecule has 0 spiro atoms. The van der Waals surface area contributed by atoms with Crippen molar-refractivity contribution in [3.8, 4) is 40.9 Å². The first-order chi connectivity index (χ1) is 60.9. The maximum atomic E-state index is 13.4. The van der Waals surface area contributed by atoms with Gasteiger partial charge in [-0.2, -0.15) is 20.2 Å². The summed E-state index contributed by atoms with van der Waals surface area (Å²) >= 11 is 65.2. The average molecular weight is 1940 g/mol. The summed E-state index contributed by atoms with van der Waals surface area (Å²) in [5, 5.41) is 69.5. The predicted molar refractivity (Wildman–Crippen MR) is 506 cm³/mol. The van der Waals surface area contributed by atoms with E-state index in [4.69, 9.17) is 159 Å². The average Bonchev–Trinajstić information content (AvgIpc) is 1.58. The van der Waals surface area contributed by atoms with E-state index in [0.29, 0.717) is 52.7 Å². The van der Waals surface area contributed by atoms with E-state index in [0.717, 1.165) is 22.2 Å².